The quantitative estimate of drug-likeness (QED) is 0.490. The predicted molar refractivity (Wildman–Crippen MR) is 53.2 cm³/mol. The van der Waals surface area contributed by atoms with Crippen molar-refractivity contribution in [2.24, 2.45) is 5.92 Å². The second-order valence-corrected chi connectivity index (χ2v) is 2.83. The van der Waals surface area contributed by atoms with Gasteiger partial charge in [0, 0.05) is 13.2 Å². The highest BCUT2D eigenvalue weighted by Crippen LogP contribution is 1.93. The first kappa shape index (κ1) is 11.9. The van der Waals surface area contributed by atoms with Gasteiger partial charge in [-0.1, -0.05) is 25.2 Å². The van der Waals surface area contributed by atoms with Crippen LogP contribution in [0.3, 0.4) is 0 Å². The average molecular weight is 183 g/mol. The van der Waals surface area contributed by atoms with Gasteiger partial charge in [-0.2, -0.15) is 0 Å². The average Bonchev–Trinajstić information content (AvgIpc) is 2.14. The number of hydrogen-bond acceptors (Lipinski definition) is 2. The summed E-state index contributed by atoms with van der Waals surface area (Å²) >= 11 is 0. The number of hydrogen-bond donors (Lipinski definition) is 2. The summed E-state index contributed by atoms with van der Waals surface area (Å²) in [5.74, 6) is -0.0918. The summed E-state index contributed by atoms with van der Waals surface area (Å²) in [5, 5.41) is 11.3. The van der Waals surface area contributed by atoms with E-state index in [-0.39, 0.29) is 18.4 Å². The van der Waals surface area contributed by atoms with Crippen LogP contribution in [0.15, 0.2) is 24.3 Å². The molecule has 0 aliphatic heterocycles. The van der Waals surface area contributed by atoms with Crippen LogP contribution in [-0.2, 0) is 4.79 Å². The molecule has 0 radical (unpaired) electrons. The lowest BCUT2D eigenvalue weighted by Gasteiger charge is -1.99. The van der Waals surface area contributed by atoms with Crippen molar-refractivity contribution in [1.29, 1.82) is 0 Å². The Balaban J connectivity index is 3.67. The fourth-order valence-corrected chi connectivity index (χ4v) is 0.649. The first-order chi connectivity index (χ1) is 6.20. The van der Waals surface area contributed by atoms with Crippen molar-refractivity contribution in [2.45, 2.75) is 13.8 Å². The molecule has 13 heavy (non-hydrogen) atoms. The SMILES string of the molecule is C/C=C/CNC(=O)/C=C/[C@@H](C)CO. The molecule has 1 amide bonds. The maximum Gasteiger partial charge on any atom is 0.243 e. The molecule has 0 bridgehead atoms. The van der Waals surface area contributed by atoms with Gasteiger partial charge in [-0.05, 0) is 18.9 Å². The first-order valence-electron chi connectivity index (χ1n) is 4.38. The van der Waals surface area contributed by atoms with E-state index in [1.54, 1.807) is 6.08 Å². The zero-order valence-corrected chi connectivity index (χ0v) is 8.16. The molecule has 3 nitrogen and oxygen atoms in total. The first-order valence-corrected chi connectivity index (χ1v) is 4.38. The van der Waals surface area contributed by atoms with Crippen LogP contribution in [0.4, 0.5) is 0 Å². The molecule has 0 spiro atoms. The summed E-state index contributed by atoms with van der Waals surface area (Å²) in [6, 6.07) is 0. The van der Waals surface area contributed by atoms with E-state index in [1.807, 2.05) is 26.0 Å². The van der Waals surface area contributed by atoms with Crippen LogP contribution >= 0.6 is 0 Å². The third kappa shape index (κ3) is 7.28. The van der Waals surface area contributed by atoms with Gasteiger partial charge >= 0.3 is 0 Å². The van der Waals surface area contributed by atoms with E-state index in [4.69, 9.17) is 5.11 Å². The molecule has 0 rings (SSSR count). The highest BCUT2D eigenvalue weighted by Gasteiger charge is 1.95. The highest BCUT2D eigenvalue weighted by atomic mass is 16.3. The van der Waals surface area contributed by atoms with E-state index in [0.717, 1.165) is 0 Å². The van der Waals surface area contributed by atoms with Gasteiger partial charge in [-0.25, -0.2) is 0 Å². The Bertz CT molecular complexity index is 197. The lowest BCUT2D eigenvalue weighted by molar-refractivity contribution is -0.116. The number of carbonyl (C=O) groups is 1. The van der Waals surface area contributed by atoms with Gasteiger partial charge in [-0.15, -0.1) is 0 Å². The standard InChI is InChI=1S/C10H17NO2/c1-3-4-7-11-10(13)6-5-9(2)8-12/h3-6,9,12H,7-8H2,1-2H3,(H,11,13)/b4-3+,6-5+/t9-/m1/s1. The molecule has 0 aromatic carbocycles. The summed E-state index contributed by atoms with van der Waals surface area (Å²) in [6.45, 7) is 4.36. The molecule has 0 fully saturated rings. The molecule has 74 valence electrons. The van der Waals surface area contributed by atoms with Crippen LogP contribution in [-0.4, -0.2) is 24.2 Å². The molecule has 2 N–H and O–H groups in total. The Morgan fingerprint density at radius 2 is 2.31 bits per heavy atom. The van der Waals surface area contributed by atoms with E-state index in [2.05, 4.69) is 5.32 Å². The third-order valence-corrected chi connectivity index (χ3v) is 1.49. The van der Waals surface area contributed by atoms with Gasteiger partial charge < -0.3 is 10.4 Å². The zero-order chi connectivity index (χ0) is 10.1. The van der Waals surface area contributed by atoms with E-state index in [1.165, 1.54) is 6.08 Å². The van der Waals surface area contributed by atoms with Gasteiger partial charge in [0.05, 0.1) is 0 Å². The number of allylic oxidation sites excluding steroid dienone is 1. The van der Waals surface area contributed by atoms with Crippen molar-refractivity contribution < 1.29 is 9.90 Å². The van der Waals surface area contributed by atoms with Gasteiger partial charge in [0.15, 0.2) is 0 Å². The Kier molecular flexibility index (Phi) is 6.92. The van der Waals surface area contributed by atoms with Crippen molar-refractivity contribution in [2.75, 3.05) is 13.2 Å². The molecule has 0 unspecified atom stereocenters. The largest absolute Gasteiger partial charge is 0.396 e. The smallest absolute Gasteiger partial charge is 0.243 e. The van der Waals surface area contributed by atoms with Crippen molar-refractivity contribution in [1.82, 2.24) is 5.32 Å². The molecule has 0 aliphatic rings. The molecule has 0 saturated carbocycles. The highest BCUT2D eigenvalue weighted by molar-refractivity contribution is 5.87. The van der Waals surface area contributed by atoms with Crippen molar-refractivity contribution in [3.8, 4) is 0 Å². The van der Waals surface area contributed by atoms with E-state index in [9.17, 15) is 4.79 Å². The Labute approximate surface area is 79.2 Å². The Morgan fingerprint density at radius 1 is 1.62 bits per heavy atom. The molecular formula is C10H17NO2. The fraction of sp³-hybridized carbons (Fsp3) is 0.500. The maximum absolute atomic E-state index is 11.0. The number of aliphatic hydroxyl groups excluding tert-OH is 1. The van der Waals surface area contributed by atoms with Crippen LogP contribution in [0, 0.1) is 5.92 Å². The normalized spacial score (nSPS) is 13.8. The Morgan fingerprint density at radius 3 is 2.85 bits per heavy atom. The summed E-state index contributed by atoms with van der Waals surface area (Å²) in [4.78, 5) is 11.0. The molecular weight excluding hydrogens is 166 g/mol. The summed E-state index contributed by atoms with van der Waals surface area (Å²) in [5.41, 5.74) is 0. The van der Waals surface area contributed by atoms with E-state index < -0.39 is 0 Å². The van der Waals surface area contributed by atoms with Crippen molar-refractivity contribution >= 4 is 5.91 Å². The summed E-state index contributed by atoms with van der Waals surface area (Å²) in [7, 11) is 0. The van der Waals surface area contributed by atoms with Gasteiger partial charge in [-0.3, -0.25) is 4.79 Å². The molecule has 0 saturated heterocycles. The van der Waals surface area contributed by atoms with E-state index >= 15 is 0 Å². The van der Waals surface area contributed by atoms with Gasteiger partial charge in [0.25, 0.3) is 0 Å². The number of aliphatic hydroxyl groups is 1. The van der Waals surface area contributed by atoms with Gasteiger partial charge in [0.1, 0.15) is 0 Å². The van der Waals surface area contributed by atoms with Crippen LogP contribution in [0.1, 0.15) is 13.8 Å². The third-order valence-electron chi connectivity index (χ3n) is 1.49. The topological polar surface area (TPSA) is 49.3 Å². The van der Waals surface area contributed by atoms with Crippen LogP contribution in [0.5, 0.6) is 0 Å². The van der Waals surface area contributed by atoms with Gasteiger partial charge in [0.2, 0.25) is 5.91 Å². The number of nitrogens with one attached hydrogen (secondary N) is 1. The number of carbonyl (C=O) groups excluding carboxylic acids is 1. The maximum atomic E-state index is 11.0. The number of amides is 1. The second-order valence-electron chi connectivity index (χ2n) is 2.83. The molecule has 1 atom stereocenters. The fourth-order valence-electron chi connectivity index (χ4n) is 0.649. The number of rotatable bonds is 5. The summed E-state index contributed by atoms with van der Waals surface area (Å²) in [6.07, 6.45) is 6.87. The minimum absolute atomic E-state index is 0.0347. The molecule has 0 aliphatic carbocycles. The molecule has 0 aromatic rings. The van der Waals surface area contributed by atoms with Crippen LogP contribution in [0.2, 0.25) is 0 Å². The van der Waals surface area contributed by atoms with Crippen LogP contribution in [0.25, 0.3) is 0 Å². The van der Waals surface area contributed by atoms with Crippen molar-refractivity contribution in [3.63, 3.8) is 0 Å². The predicted octanol–water partition coefficient (Wildman–Crippen LogP) is 0.863. The molecule has 3 heteroatoms. The summed E-state index contributed by atoms with van der Waals surface area (Å²) < 4.78 is 0. The van der Waals surface area contributed by atoms with Crippen molar-refractivity contribution in [3.05, 3.63) is 24.3 Å². The minimum atomic E-state index is -0.126. The Hall–Kier alpha value is -1.09. The molecule has 0 aromatic heterocycles. The van der Waals surface area contributed by atoms with Crippen LogP contribution < -0.4 is 5.32 Å². The monoisotopic (exact) mass is 183 g/mol. The minimum Gasteiger partial charge on any atom is -0.396 e. The lowest BCUT2D eigenvalue weighted by atomic mass is 10.2. The van der Waals surface area contributed by atoms with E-state index in [0.29, 0.717) is 6.54 Å². The lowest BCUT2D eigenvalue weighted by Crippen LogP contribution is -2.20. The molecule has 0 heterocycles. The second kappa shape index (κ2) is 7.55. The zero-order valence-electron chi connectivity index (χ0n) is 8.16.